The first kappa shape index (κ1) is 19.8. The summed E-state index contributed by atoms with van der Waals surface area (Å²) in [6, 6.07) is 12.9. The molecule has 0 N–H and O–H groups in total. The number of nitrogens with zero attached hydrogens (tertiary/aromatic N) is 4. The highest BCUT2D eigenvalue weighted by Gasteiger charge is 2.40. The normalized spacial score (nSPS) is 12.4. The molecule has 0 radical (unpaired) electrons. The summed E-state index contributed by atoms with van der Waals surface area (Å²) in [5.41, 5.74) is 1.21. The third-order valence-electron chi connectivity index (χ3n) is 4.57. The van der Waals surface area contributed by atoms with Crippen LogP contribution in [0.5, 0.6) is 0 Å². The Balaban J connectivity index is 2.36. The number of sulfone groups is 1. The Labute approximate surface area is 163 Å². The van der Waals surface area contributed by atoms with Crippen molar-refractivity contribution in [3.8, 4) is 6.07 Å². The van der Waals surface area contributed by atoms with E-state index in [4.69, 9.17) is 5.26 Å². The summed E-state index contributed by atoms with van der Waals surface area (Å²) in [5.74, 6) is -1.63. The molecule has 0 aliphatic rings. The van der Waals surface area contributed by atoms with Gasteiger partial charge in [0.25, 0.3) is 0 Å². The average Bonchev–Trinajstić information content (AvgIpc) is 3.17. The molecule has 0 atom stereocenters. The summed E-state index contributed by atoms with van der Waals surface area (Å²) >= 11 is 0. The van der Waals surface area contributed by atoms with Gasteiger partial charge >= 0.3 is 0 Å². The fraction of sp³-hybridized carbons (Fsp3) is 0.167. The van der Waals surface area contributed by atoms with Gasteiger partial charge in [0.15, 0.2) is 0 Å². The van der Waals surface area contributed by atoms with Gasteiger partial charge in [0.1, 0.15) is 23.7 Å². The second kappa shape index (κ2) is 7.61. The summed E-state index contributed by atoms with van der Waals surface area (Å²) in [6.07, 6.45) is 1.11. The first-order valence-corrected chi connectivity index (χ1v) is 12.1. The van der Waals surface area contributed by atoms with Crippen molar-refractivity contribution in [2.75, 3.05) is 5.75 Å². The van der Waals surface area contributed by atoms with E-state index < -0.39 is 41.9 Å². The first-order chi connectivity index (χ1) is 13.3. The van der Waals surface area contributed by atoms with E-state index in [1.807, 2.05) is 6.55 Å². The zero-order valence-electron chi connectivity index (χ0n) is 14.9. The number of hydrogen-bond donors (Lipinski definition) is 0. The molecule has 0 unspecified atom stereocenters. The lowest BCUT2D eigenvalue weighted by Gasteiger charge is -2.35. The zero-order chi connectivity index (χ0) is 20.4. The Morgan fingerprint density at radius 2 is 1.57 bits per heavy atom. The van der Waals surface area contributed by atoms with E-state index in [-0.39, 0.29) is 5.16 Å². The molecule has 2 aromatic carbocycles. The molecule has 0 aliphatic heterocycles. The zero-order valence-corrected chi connectivity index (χ0v) is 17.1. The van der Waals surface area contributed by atoms with Crippen molar-refractivity contribution in [3.05, 3.63) is 77.6 Å². The smallest absolute Gasteiger partial charge is 0.225 e. The van der Waals surface area contributed by atoms with Crippen molar-refractivity contribution in [2.24, 2.45) is 0 Å². The molecule has 0 spiro atoms. The maximum Gasteiger partial charge on any atom is 0.247 e. The third kappa shape index (κ3) is 3.34. The van der Waals surface area contributed by atoms with E-state index in [2.05, 4.69) is 10.1 Å². The van der Waals surface area contributed by atoms with Crippen molar-refractivity contribution >= 4 is 19.4 Å². The van der Waals surface area contributed by atoms with Crippen molar-refractivity contribution in [3.63, 3.8) is 0 Å². The van der Waals surface area contributed by atoms with Crippen LogP contribution in [-0.2, 0) is 15.0 Å². The Morgan fingerprint density at radius 3 is 2.00 bits per heavy atom. The van der Waals surface area contributed by atoms with Crippen LogP contribution in [0.3, 0.4) is 0 Å². The molecule has 0 saturated carbocycles. The lowest BCUT2D eigenvalue weighted by molar-refractivity contribution is 0.465. The molecule has 0 amide bonds. The summed E-state index contributed by atoms with van der Waals surface area (Å²) in [7, 11) is -5.21. The van der Waals surface area contributed by atoms with Gasteiger partial charge in [-0.15, -0.1) is 0 Å². The molecule has 28 heavy (non-hydrogen) atoms. The molecular weight excluding hydrogens is 402 g/mol. The number of benzene rings is 2. The van der Waals surface area contributed by atoms with Gasteiger partial charge in [-0.1, -0.05) is 30.8 Å². The minimum absolute atomic E-state index is 0.350. The highest BCUT2D eigenvalue weighted by atomic mass is 32.2. The molecule has 0 saturated heterocycles. The fourth-order valence-corrected chi connectivity index (χ4v) is 6.18. The fourth-order valence-electron chi connectivity index (χ4n) is 3.27. The minimum atomic E-state index is -4.02. The largest absolute Gasteiger partial charge is 0.247 e. The summed E-state index contributed by atoms with van der Waals surface area (Å²) < 4.78 is 53.5. The Kier molecular flexibility index (Phi) is 5.40. The average molecular weight is 419 g/mol. The van der Waals surface area contributed by atoms with Crippen LogP contribution in [0, 0.1) is 23.0 Å². The number of nitriles is 1. The quantitative estimate of drug-likeness (QED) is 0.570. The number of aromatic nitrogens is 3. The van der Waals surface area contributed by atoms with Gasteiger partial charge in [0, 0.05) is 0 Å². The van der Waals surface area contributed by atoms with Gasteiger partial charge < -0.3 is 0 Å². The Bertz CT molecular complexity index is 1080. The van der Waals surface area contributed by atoms with Gasteiger partial charge in [-0.25, -0.2) is 26.9 Å². The van der Waals surface area contributed by atoms with Crippen LogP contribution >= 0.6 is 0 Å². The second-order valence-corrected chi connectivity index (χ2v) is 9.71. The van der Waals surface area contributed by atoms with Gasteiger partial charge in [0.2, 0.25) is 15.0 Å². The lowest BCUT2D eigenvalue weighted by atomic mass is 9.97. The van der Waals surface area contributed by atoms with Crippen molar-refractivity contribution < 1.29 is 17.2 Å². The van der Waals surface area contributed by atoms with Gasteiger partial charge in [-0.2, -0.15) is 10.4 Å². The van der Waals surface area contributed by atoms with E-state index >= 15 is 0 Å². The molecule has 10 heteroatoms. The molecule has 144 valence electrons. The number of hydrogen-bond acceptors (Lipinski definition) is 5. The molecule has 1 heterocycles. The maximum atomic E-state index is 13.5. The van der Waals surface area contributed by atoms with E-state index in [1.54, 1.807) is 30.3 Å². The van der Waals surface area contributed by atoms with Crippen LogP contribution < -0.4 is 0 Å². The van der Waals surface area contributed by atoms with Gasteiger partial charge in [-0.05, 0) is 35.4 Å². The van der Waals surface area contributed by atoms with Crippen LogP contribution in [0.15, 0.2) is 60.0 Å². The monoisotopic (exact) mass is 418 g/mol. The Morgan fingerprint density at radius 1 is 1.07 bits per heavy atom. The molecule has 0 bridgehead atoms. The third-order valence-corrected chi connectivity index (χ3v) is 8.05. The van der Waals surface area contributed by atoms with E-state index in [1.165, 1.54) is 28.9 Å². The van der Waals surface area contributed by atoms with Gasteiger partial charge in [0.05, 0.1) is 20.8 Å². The topological polar surface area (TPSA) is 88.6 Å². The van der Waals surface area contributed by atoms with Crippen LogP contribution in [0.2, 0.25) is 6.55 Å². The van der Waals surface area contributed by atoms with Crippen molar-refractivity contribution in [1.82, 2.24) is 14.8 Å². The van der Waals surface area contributed by atoms with E-state index in [0.717, 1.165) is 6.33 Å². The van der Waals surface area contributed by atoms with Crippen LogP contribution in [0.25, 0.3) is 0 Å². The second-order valence-electron chi connectivity index (χ2n) is 6.10. The Hall–Kier alpha value is -2.90. The van der Waals surface area contributed by atoms with Crippen molar-refractivity contribution in [1.29, 1.82) is 5.26 Å². The molecule has 0 aliphatic carbocycles. The first-order valence-electron chi connectivity index (χ1n) is 8.37. The predicted molar refractivity (Wildman–Crippen MR) is 101 cm³/mol. The van der Waals surface area contributed by atoms with E-state index in [0.29, 0.717) is 11.1 Å². The van der Waals surface area contributed by atoms with Crippen LogP contribution in [0.4, 0.5) is 8.78 Å². The highest BCUT2D eigenvalue weighted by molar-refractivity contribution is 7.91. The molecule has 6 nitrogen and oxygen atoms in total. The molecule has 1 aromatic heterocycles. The maximum absolute atomic E-state index is 13.5. The van der Waals surface area contributed by atoms with Crippen molar-refractivity contribution in [2.45, 2.75) is 16.9 Å². The molecular formula is C18H16F2N4O2SSi. The molecule has 3 aromatic rings. The van der Waals surface area contributed by atoms with Gasteiger partial charge in [-0.3, -0.25) is 0 Å². The lowest BCUT2D eigenvalue weighted by Crippen LogP contribution is -2.43. The van der Waals surface area contributed by atoms with Crippen LogP contribution in [0.1, 0.15) is 11.1 Å². The number of halogens is 2. The summed E-state index contributed by atoms with van der Waals surface area (Å²) in [6.45, 7) is 1.94. The van der Waals surface area contributed by atoms with Crippen LogP contribution in [-0.4, -0.2) is 38.5 Å². The summed E-state index contributed by atoms with van der Waals surface area (Å²) in [5, 5.41) is 11.6. The predicted octanol–water partition coefficient (Wildman–Crippen LogP) is 1.82. The standard InChI is InChI=1S/C18H16F2N4O2SSi/c1-28-18(13-2-6-15(19)7-3-13,14-4-8-16(20)9-5-14)24-17(22-12-23-24)27(25,26)11-10-21/h2-9,12H,11,28H2,1H3. The summed E-state index contributed by atoms with van der Waals surface area (Å²) in [4.78, 5) is 3.89. The SMILES string of the molecule is C[SiH2]C(c1ccc(F)cc1)(c1ccc(F)cc1)n1ncnc1S(=O)(=O)CC#N. The molecule has 3 rings (SSSR count). The number of rotatable bonds is 6. The highest BCUT2D eigenvalue weighted by Crippen LogP contribution is 2.35. The molecule has 0 fully saturated rings. The minimum Gasteiger partial charge on any atom is -0.225 e. The van der Waals surface area contributed by atoms with E-state index in [9.17, 15) is 17.2 Å².